The third kappa shape index (κ3) is 5.09. The van der Waals surface area contributed by atoms with Crippen molar-refractivity contribution in [3.63, 3.8) is 0 Å². The number of pyridine rings is 1. The van der Waals surface area contributed by atoms with Crippen LogP contribution in [0.1, 0.15) is 22.3 Å². The largest absolute Gasteiger partial charge is 0.496 e. The fraction of sp³-hybridized carbons (Fsp3) is 0.185. The molecule has 0 radical (unpaired) electrons. The number of halogens is 1. The first kappa shape index (κ1) is 23.0. The van der Waals surface area contributed by atoms with Crippen LogP contribution in [-0.4, -0.2) is 23.0 Å². The molecule has 4 aromatic rings. The van der Waals surface area contributed by atoms with Crippen molar-refractivity contribution in [2.45, 2.75) is 26.9 Å². The van der Waals surface area contributed by atoms with E-state index in [1.807, 2.05) is 50.2 Å². The van der Waals surface area contributed by atoms with Gasteiger partial charge < -0.3 is 19.9 Å². The average Bonchev–Trinajstić information content (AvgIpc) is 2.81. The van der Waals surface area contributed by atoms with Crippen molar-refractivity contribution in [3.05, 3.63) is 105 Å². The number of ether oxygens (including phenoxy) is 1. The number of urea groups is 1. The van der Waals surface area contributed by atoms with Crippen molar-refractivity contribution in [3.8, 4) is 5.75 Å². The summed E-state index contributed by atoms with van der Waals surface area (Å²) in [7, 11) is 1.57. The van der Waals surface area contributed by atoms with Gasteiger partial charge in [0.2, 0.25) is 0 Å². The lowest BCUT2D eigenvalue weighted by Gasteiger charge is -2.24. The fourth-order valence-electron chi connectivity index (χ4n) is 4.01. The Labute approximate surface area is 197 Å². The Balaban J connectivity index is 1.70. The number of anilines is 1. The highest BCUT2D eigenvalue weighted by molar-refractivity contribution is 5.89. The number of hydrogen-bond acceptors (Lipinski definition) is 3. The van der Waals surface area contributed by atoms with Crippen LogP contribution in [0.15, 0.2) is 71.5 Å². The number of para-hydroxylation sites is 1. The maximum atomic E-state index is 13.3. The second-order valence-corrected chi connectivity index (χ2v) is 8.27. The quantitative estimate of drug-likeness (QED) is 0.398. The van der Waals surface area contributed by atoms with Crippen molar-refractivity contribution in [2.24, 2.45) is 0 Å². The van der Waals surface area contributed by atoms with Gasteiger partial charge in [-0.1, -0.05) is 24.3 Å². The van der Waals surface area contributed by atoms with Crippen LogP contribution in [0.5, 0.6) is 5.75 Å². The second-order valence-electron chi connectivity index (χ2n) is 8.27. The van der Waals surface area contributed by atoms with E-state index in [0.29, 0.717) is 17.0 Å². The molecule has 0 saturated carbocycles. The van der Waals surface area contributed by atoms with Crippen LogP contribution in [0.2, 0.25) is 0 Å². The number of rotatable bonds is 6. The molecule has 0 fully saturated rings. The molecule has 0 aliphatic heterocycles. The number of fused-ring (bicyclic) bond motifs is 1. The molecule has 1 aromatic heterocycles. The number of nitrogens with zero attached hydrogens (tertiary/aromatic N) is 1. The lowest BCUT2D eigenvalue weighted by Crippen LogP contribution is -2.35. The molecular weight excluding hydrogens is 433 g/mol. The number of carbonyl (C=O) groups excluding carboxylic acids is 1. The zero-order valence-electron chi connectivity index (χ0n) is 19.3. The number of benzene rings is 3. The Bertz CT molecular complexity index is 1400. The molecule has 0 spiro atoms. The first-order valence-corrected chi connectivity index (χ1v) is 10.9. The van der Waals surface area contributed by atoms with Crippen LogP contribution in [-0.2, 0) is 13.1 Å². The van der Waals surface area contributed by atoms with Crippen LogP contribution >= 0.6 is 0 Å². The molecule has 0 unspecified atom stereocenters. The molecule has 0 bridgehead atoms. The summed E-state index contributed by atoms with van der Waals surface area (Å²) < 4.78 is 18.7. The van der Waals surface area contributed by atoms with Crippen molar-refractivity contribution in [1.82, 2.24) is 9.88 Å². The van der Waals surface area contributed by atoms with E-state index in [1.165, 1.54) is 29.2 Å². The first-order valence-electron chi connectivity index (χ1n) is 10.9. The molecule has 0 saturated heterocycles. The molecule has 6 nitrogen and oxygen atoms in total. The van der Waals surface area contributed by atoms with Gasteiger partial charge in [-0.05, 0) is 67.4 Å². The van der Waals surface area contributed by atoms with Gasteiger partial charge in [0.05, 0.1) is 20.2 Å². The number of carbonyl (C=O) groups is 1. The molecule has 2 N–H and O–H groups in total. The smallest absolute Gasteiger partial charge is 0.322 e. The fourth-order valence-corrected chi connectivity index (χ4v) is 4.01. The minimum absolute atomic E-state index is 0.0731. The Morgan fingerprint density at radius 3 is 2.44 bits per heavy atom. The lowest BCUT2D eigenvalue weighted by molar-refractivity contribution is 0.205. The van der Waals surface area contributed by atoms with Gasteiger partial charge in [-0.3, -0.25) is 4.79 Å². The maximum absolute atomic E-state index is 13.3. The first-order chi connectivity index (χ1) is 16.3. The molecule has 0 aliphatic rings. The normalized spacial score (nSPS) is 10.8. The predicted molar refractivity (Wildman–Crippen MR) is 132 cm³/mol. The van der Waals surface area contributed by atoms with E-state index in [1.54, 1.807) is 7.11 Å². The van der Waals surface area contributed by atoms with Gasteiger partial charge in [0.25, 0.3) is 5.56 Å². The molecule has 34 heavy (non-hydrogen) atoms. The van der Waals surface area contributed by atoms with Crippen LogP contribution in [0, 0.1) is 19.7 Å². The summed E-state index contributed by atoms with van der Waals surface area (Å²) in [5.41, 5.74) is 4.32. The third-order valence-corrected chi connectivity index (χ3v) is 5.69. The van der Waals surface area contributed by atoms with Crippen molar-refractivity contribution in [2.75, 3.05) is 12.4 Å². The van der Waals surface area contributed by atoms with Crippen molar-refractivity contribution < 1.29 is 13.9 Å². The molecule has 174 valence electrons. The van der Waals surface area contributed by atoms with E-state index < -0.39 is 11.8 Å². The topological polar surface area (TPSA) is 74.4 Å². The average molecular weight is 460 g/mol. The summed E-state index contributed by atoms with van der Waals surface area (Å²) in [6.07, 6.45) is 0. The van der Waals surface area contributed by atoms with Crippen LogP contribution < -0.4 is 15.6 Å². The van der Waals surface area contributed by atoms with E-state index >= 15 is 0 Å². The summed E-state index contributed by atoms with van der Waals surface area (Å²) in [5, 5.41) is 3.72. The molecule has 1 heterocycles. The van der Waals surface area contributed by atoms with Gasteiger partial charge in [0.1, 0.15) is 11.6 Å². The SMILES string of the molecule is COc1ccccc1CN(Cc1cc2c(C)cc(C)cc2[nH]c1=O)C(=O)Nc1ccc(F)cc1. The molecule has 2 amide bonds. The highest BCUT2D eigenvalue weighted by atomic mass is 19.1. The Kier molecular flexibility index (Phi) is 6.63. The van der Waals surface area contributed by atoms with Gasteiger partial charge in [-0.15, -0.1) is 0 Å². The van der Waals surface area contributed by atoms with Crippen LogP contribution in [0.3, 0.4) is 0 Å². The van der Waals surface area contributed by atoms with E-state index in [0.717, 1.165) is 27.6 Å². The zero-order valence-corrected chi connectivity index (χ0v) is 19.3. The van der Waals surface area contributed by atoms with E-state index in [2.05, 4.69) is 16.4 Å². The number of methoxy groups -OCH3 is 1. The molecular formula is C27H26FN3O3. The molecule has 7 heteroatoms. The van der Waals surface area contributed by atoms with Crippen molar-refractivity contribution in [1.29, 1.82) is 0 Å². The summed E-state index contributed by atoms with van der Waals surface area (Å²) in [6.45, 7) is 4.25. The summed E-state index contributed by atoms with van der Waals surface area (Å²) in [6, 6.07) is 18.3. The Hall–Kier alpha value is -4.13. The predicted octanol–water partition coefficient (Wildman–Crippen LogP) is 5.53. The number of aromatic nitrogens is 1. The lowest BCUT2D eigenvalue weighted by atomic mass is 10.0. The molecule has 4 rings (SSSR count). The summed E-state index contributed by atoms with van der Waals surface area (Å²) >= 11 is 0. The standard InChI is InChI=1S/C27H26FN3O3/c1-17-12-18(2)23-14-20(26(32)30-24(23)13-17)16-31(15-19-6-4-5-7-25(19)34-3)27(33)29-22-10-8-21(28)9-11-22/h4-14H,15-16H2,1-3H3,(H,29,33)(H,30,32). The third-order valence-electron chi connectivity index (χ3n) is 5.69. The number of H-pyrrole nitrogens is 1. The van der Waals surface area contributed by atoms with Crippen molar-refractivity contribution >= 4 is 22.6 Å². The zero-order chi connectivity index (χ0) is 24.2. The Morgan fingerprint density at radius 2 is 1.71 bits per heavy atom. The van der Waals surface area contributed by atoms with Crippen LogP contribution in [0.25, 0.3) is 10.9 Å². The summed E-state index contributed by atoms with van der Waals surface area (Å²) in [5.74, 6) is 0.248. The number of aromatic amines is 1. The Morgan fingerprint density at radius 1 is 1.00 bits per heavy atom. The minimum Gasteiger partial charge on any atom is -0.496 e. The maximum Gasteiger partial charge on any atom is 0.322 e. The van der Waals surface area contributed by atoms with E-state index in [4.69, 9.17) is 4.74 Å². The number of amides is 2. The number of hydrogen-bond donors (Lipinski definition) is 2. The van der Waals surface area contributed by atoms with E-state index in [-0.39, 0.29) is 18.6 Å². The van der Waals surface area contributed by atoms with Gasteiger partial charge in [0, 0.05) is 27.7 Å². The van der Waals surface area contributed by atoms with Gasteiger partial charge in [-0.25, -0.2) is 9.18 Å². The second kappa shape index (κ2) is 9.79. The molecule has 0 atom stereocenters. The number of nitrogens with one attached hydrogen (secondary N) is 2. The van der Waals surface area contributed by atoms with Gasteiger partial charge in [0.15, 0.2) is 0 Å². The van der Waals surface area contributed by atoms with Crippen LogP contribution in [0.4, 0.5) is 14.9 Å². The highest BCUT2D eigenvalue weighted by Crippen LogP contribution is 2.23. The number of aryl methyl sites for hydroxylation is 2. The van der Waals surface area contributed by atoms with Gasteiger partial charge in [-0.2, -0.15) is 0 Å². The van der Waals surface area contributed by atoms with Gasteiger partial charge >= 0.3 is 6.03 Å². The molecule has 0 aliphatic carbocycles. The highest BCUT2D eigenvalue weighted by Gasteiger charge is 2.19. The summed E-state index contributed by atoms with van der Waals surface area (Å²) in [4.78, 5) is 30.6. The monoisotopic (exact) mass is 459 g/mol. The van der Waals surface area contributed by atoms with E-state index in [9.17, 15) is 14.0 Å². The minimum atomic E-state index is -0.419. The molecule has 3 aromatic carbocycles.